The summed E-state index contributed by atoms with van der Waals surface area (Å²) in [6.45, 7) is 0.872. The van der Waals surface area contributed by atoms with Crippen molar-refractivity contribution in [1.82, 2.24) is 5.32 Å². The fourth-order valence-corrected chi connectivity index (χ4v) is 3.40. The highest BCUT2D eigenvalue weighted by molar-refractivity contribution is 9.10. The SMILES string of the molecule is OC(c1cc(Cl)ccc1Br)C1NCCc2ccccc21. The Morgan fingerprint density at radius 2 is 2.05 bits per heavy atom. The average Bonchev–Trinajstić information content (AvgIpc) is 2.48. The van der Waals surface area contributed by atoms with Gasteiger partial charge in [-0.25, -0.2) is 0 Å². The molecule has 0 bridgehead atoms. The van der Waals surface area contributed by atoms with Crippen LogP contribution in [-0.2, 0) is 6.42 Å². The van der Waals surface area contributed by atoms with E-state index >= 15 is 0 Å². The number of rotatable bonds is 2. The Labute approximate surface area is 131 Å². The zero-order valence-electron chi connectivity index (χ0n) is 10.8. The molecule has 2 aromatic carbocycles. The largest absolute Gasteiger partial charge is 0.386 e. The number of benzene rings is 2. The molecule has 0 saturated heterocycles. The van der Waals surface area contributed by atoms with Crippen molar-refractivity contribution in [3.63, 3.8) is 0 Å². The molecule has 104 valence electrons. The van der Waals surface area contributed by atoms with Crippen LogP contribution in [0.1, 0.15) is 28.8 Å². The van der Waals surface area contributed by atoms with Gasteiger partial charge >= 0.3 is 0 Å². The Kier molecular flexibility index (Phi) is 4.13. The molecule has 0 spiro atoms. The molecule has 0 aromatic heterocycles. The molecule has 2 unspecified atom stereocenters. The highest BCUT2D eigenvalue weighted by atomic mass is 79.9. The maximum absolute atomic E-state index is 10.7. The number of aliphatic hydroxyl groups excluding tert-OH is 1. The molecule has 1 aliphatic rings. The summed E-state index contributed by atoms with van der Waals surface area (Å²) >= 11 is 9.54. The summed E-state index contributed by atoms with van der Waals surface area (Å²) in [7, 11) is 0. The Morgan fingerprint density at radius 1 is 1.25 bits per heavy atom. The van der Waals surface area contributed by atoms with Crippen molar-refractivity contribution >= 4 is 27.5 Å². The first-order valence-electron chi connectivity index (χ1n) is 6.61. The molecular formula is C16H15BrClNO. The molecule has 0 radical (unpaired) electrons. The maximum atomic E-state index is 10.7. The lowest BCUT2D eigenvalue weighted by atomic mass is 9.88. The first-order valence-corrected chi connectivity index (χ1v) is 7.78. The monoisotopic (exact) mass is 351 g/mol. The first kappa shape index (κ1) is 14.1. The van der Waals surface area contributed by atoms with E-state index in [1.807, 2.05) is 30.3 Å². The van der Waals surface area contributed by atoms with Crippen molar-refractivity contribution in [2.45, 2.75) is 18.6 Å². The fourth-order valence-electron chi connectivity index (χ4n) is 2.74. The van der Waals surface area contributed by atoms with Crippen molar-refractivity contribution in [3.8, 4) is 0 Å². The fraction of sp³-hybridized carbons (Fsp3) is 0.250. The Balaban J connectivity index is 1.99. The minimum Gasteiger partial charge on any atom is -0.386 e. The van der Waals surface area contributed by atoms with Crippen molar-refractivity contribution < 1.29 is 5.11 Å². The zero-order valence-corrected chi connectivity index (χ0v) is 13.2. The molecule has 0 aliphatic carbocycles. The van der Waals surface area contributed by atoms with Crippen LogP contribution in [0.2, 0.25) is 5.02 Å². The summed E-state index contributed by atoms with van der Waals surface area (Å²) in [6, 6.07) is 13.7. The van der Waals surface area contributed by atoms with Gasteiger partial charge in [0.1, 0.15) is 0 Å². The molecule has 2 aromatic rings. The van der Waals surface area contributed by atoms with Crippen LogP contribution in [0.15, 0.2) is 46.9 Å². The molecular weight excluding hydrogens is 338 g/mol. The van der Waals surface area contributed by atoms with E-state index in [4.69, 9.17) is 11.6 Å². The first-order chi connectivity index (χ1) is 9.66. The third-order valence-corrected chi connectivity index (χ3v) is 4.70. The van der Waals surface area contributed by atoms with Crippen LogP contribution in [0.4, 0.5) is 0 Å². The van der Waals surface area contributed by atoms with E-state index in [1.54, 1.807) is 0 Å². The highest BCUT2D eigenvalue weighted by Gasteiger charge is 2.28. The van der Waals surface area contributed by atoms with Crippen LogP contribution in [0.5, 0.6) is 0 Å². The predicted octanol–water partition coefficient (Wildman–Crippen LogP) is 4.02. The van der Waals surface area contributed by atoms with Crippen LogP contribution in [0, 0.1) is 0 Å². The van der Waals surface area contributed by atoms with Gasteiger partial charge in [-0.15, -0.1) is 0 Å². The van der Waals surface area contributed by atoms with Gasteiger partial charge in [-0.3, -0.25) is 0 Å². The second-order valence-electron chi connectivity index (χ2n) is 4.99. The molecule has 1 heterocycles. The number of nitrogens with one attached hydrogen (secondary N) is 1. The molecule has 0 saturated carbocycles. The normalized spacial score (nSPS) is 19.4. The second-order valence-corrected chi connectivity index (χ2v) is 6.28. The van der Waals surface area contributed by atoms with E-state index < -0.39 is 6.10 Å². The second kappa shape index (κ2) is 5.86. The third kappa shape index (κ3) is 2.63. The standard InChI is InChI=1S/C16H15BrClNO/c17-14-6-5-11(18)9-13(14)16(20)15-12-4-2-1-3-10(12)7-8-19-15/h1-6,9,15-16,19-20H,7-8H2. The van der Waals surface area contributed by atoms with Crippen molar-refractivity contribution in [1.29, 1.82) is 0 Å². The van der Waals surface area contributed by atoms with E-state index in [9.17, 15) is 5.11 Å². The maximum Gasteiger partial charge on any atom is 0.0996 e. The Bertz CT molecular complexity index is 632. The van der Waals surface area contributed by atoms with E-state index in [1.165, 1.54) is 5.56 Å². The van der Waals surface area contributed by atoms with Gasteiger partial charge in [-0.1, -0.05) is 51.8 Å². The number of hydrogen-bond donors (Lipinski definition) is 2. The van der Waals surface area contributed by atoms with E-state index in [-0.39, 0.29) is 6.04 Å². The highest BCUT2D eigenvalue weighted by Crippen LogP contribution is 2.37. The van der Waals surface area contributed by atoms with Crippen molar-refractivity contribution in [2.75, 3.05) is 6.54 Å². The number of aliphatic hydroxyl groups is 1. The predicted molar refractivity (Wildman–Crippen MR) is 85.0 cm³/mol. The molecule has 2 nitrogen and oxygen atoms in total. The van der Waals surface area contributed by atoms with E-state index in [2.05, 4.69) is 33.4 Å². The number of halogens is 2. The topological polar surface area (TPSA) is 32.3 Å². The minimum atomic E-state index is -0.635. The molecule has 20 heavy (non-hydrogen) atoms. The molecule has 2 N–H and O–H groups in total. The van der Waals surface area contributed by atoms with E-state index in [0.29, 0.717) is 5.02 Å². The van der Waals surface area contributed by atoms with Gasteiger partial charge in [0, 0.05) is 9.50 Å². The van der Waals surface area contributed by atoms with Crippen LogP contribution in [0.3, 0.4) is 0 Å². The molecule has 2 atom stereocenters. The summed E-state index contributed by atoms with van der Waals surface area (Å²) in [6.07, 6.45) is 0.361. The minimum absolute atomic E-state index is 0.102. The number of fused-ring (bicyclic) bond motifs is 1. The smallest absolute Gasteiger partial charge is 0.0996 e. The molecule has 1 aliphatic heterocycles. The van der Waals surface area contributed by atoms with Gasteiger partial charge < -0.3 is 10.4 Å². The lowest BCUT2D eigenvalue weighted by Gasteiger charge is -2.31. The van der Waals surface area contributed by atoms with Gasteiger partial charge in [0.25, 0.3) is 0 Å². The zero-order chi connectivity index (χ0) is 14.1. The summed E-state index contributed by atoms with van der Waals surface area (Å²) in [5.74, 6) is 0. The molecule has 3 rings (SSSR count). The van der Waals surface area contributed by atoms with E-state index in [0.717, 1.165) is 28.6 Å². The van der Waals surface area contributed by atoms with Gasteiger partial charge in [0.2, 0.25) is 0 Å². The van der Waals surface area contributed by atoms with Crippen LogP contribution in [0.25, 0.3) is 0 Å². The van der Waals surface area contributed by atoms with Crippen LogP contribution < -0.4 is 5.32 Å². The average molecular weight is 353 g/mol. The molecule has 0 amide bonds. The lowest BCUT2D eigenvalue weighted by molar-refractivity contribution is 0.125. The van der Waals surface area contributed by atoms with Gasteiger partial charge in [-0.05, 0) is 47.9 Å². The Hall–Kier alpha value is -0.870. The van der Waals surface area contributed by atoms with Gasteiger partial charge in [0.05, 0.1) is 12.1 Å². The number of hydrogen-bond acceptors (Lipinski definition) is 2. The van der Waals surface area contributed by atoms with Crippen LogP contribution in [-0.4, -0.2) is 11.7 Å². The molecule has 0 fully saturated rings. The third-order valence-electron chi connectivity index (χ3n) is 3.74. The van der Waals surface area contributed by atoms with Gasteiger partial charge in [-0.2, -0.15) is 0 Å². The summed E-state index contributed by atoms with van der Waals surface area (Å²) in [5, 5.41) is 14.8. The Morgan fingerprint density at radius 3 is 2.90 bits per heavy atom. The van der Waals surface area contributed by atoms with Gasteiger partial charge in [0.15, 0.2) is 0 Å². The lowest BCUT2D eigenvalue weighted by Crippen LogP contribution is -2.34. The molecule has 4 heteroatoms. The van der Waals surface area contributed by atoms with Crippen LogP contribution >= 0.6 is 27.5 Å². The summed E-state index contributed by atoms with van der Waals surface area (Å²) in [4.78, 5) is 0. The van der Waals surface area contributed by atoms with Crippen molar-refractivity contribution in [3.05, 3.63) is 68.7 Å². The quantitative estimate of drug-likeness (QED) is 0.855. The summed E-state index contributed by atoms with van der Waals surface area (Å²) in [5.41, 5.74) is 3.28. The van der Waals surface area contributed by atoms with Crippen molar-refractivity contribution in [2.24, 2.45) is 0 Å². The summed E-state index contributed by atoms with van der Waals surface area (Å²) < 4.78 is 0.874.